The van der Waals surface area contributed by atoms with Gasteiger partial charge in [0.05, 0.1) is 11.3 Å². The van der Waals surface area contributed by atoms with Gasteiger partial charge in [0.25, 0.3) is 15.9 Å². The topological polar surface area (TPSA) is 120 Å². The number of sulfonamides is 1. The molecule has 1 aromatic heterocycles. The summed E-state index contributed by atoms with van der Waals surface area (Å²) < 4.78 is 67.0. The zero-order valence-electron chi connectivity index (χ0n) is 16.4. The van der Waals surface area contributed by atoms with E-state index < -0.39 is 34.8 Å². The van der Waals surface area contributed by atoms with Gasteiger partial charge in [0.2, 0.25) is 0 Å². The van der Waals surface area contributed by atoms with Crippen LogP contribution in [0.4, 0.5) is 20.2 Å². The molecule has 2 aromatic carbocycles. The molecule has 0 spiro atoms. The Morgan fingerprint density at radius 3 is 2.55 bits per heavy atom. The zero-order valence-corrected chi connectivity index (χ0v) is 18.0. The summed E-state index contributed by atoms with van der Waals surface area (Å²) in [6, 6.07) is 12.4. The highest BCUT2D eigenvalue weighted by molar-refractivity contribution is 7.94. The van der Waals surface area contributed by atoms with E-state index in [1.807, 2.05) is 0 Å². The fraction of sp³-hybridized carbons (Fsp3) is 0.100. The molecule has 0 bridgehead atoms. The average molecular weight is 496 g/mol. The number of halogens is 2. The van der Waals surface area contributed by atoms with Gasteiger partial charge in [-0.15, -0.1) is 20.1 Å². The second-order valence-corrected chi connectivity index (χ2v) is 9.39. The zero-order chi connectivity index (χ0) is 23.6. The maximum atomic E-state index is 13.1. The van der Waals surface area contributed by atoms with E-state index in [-0.39, 0.29) is 32.6 Å². The molecule has 0 aliphatic carbocycles. The van der Waals surface area contributed by atoms with Gasteiger partial charge in [-0.2, -0.15) is 0 Å². The number of amides is 1. The van der Waals surface area contributed by atoms with Crippen LogP contribution in [-0.2, 0) is 19.6 Å². The van der Waals surface area contributed by atoms with E-state index >= 15 is 0 Å². The second kappa shape index (κ2) is 8.67. The van der Waals surface area contributed by atoms with Crippen molar-refractivity contribution in [2.75, 3.05) is 16.6 Å². The number of anilines is 2. The molecule has 2 heterocycles. The Balaban J connectivity index is 1.38. The summed E-state index contributed by atoms with van der Waals surface area (Å²) in [5.74, 6) is -2.15. The Bertz CT molecular complexity index is 1310. The number of hydrogen-bond donors (Lipinski definition) is 2. The molecular formula is C20H14F2N2O7S2. The third-order valence-electron chi connectivity index (χ3n) is 4.17. The molecule has 0 saturated carbocycles. The Kier molecular flexibility index (Phi) is 5.91. The van der Waals surface area contributed by atoms with E-state index in [1.165, 1.54) is 42.5 Å². The standard InChI is InChI=1S/C20H14F2N2O7S2/c21-20(22)30-15-8-7-12(10-16(15)31-20)23-17(25)11-29-19(26)13-4-1-2-5-14(13)24-33(27,28)18-6-3-9-32-18/h1-10,24H,11H2,(H,23,25). The lowest BCUT2D eigenvalue weighted by Crippen LogP contribution is -2.25. The predicted octanol–water partition coefficient (Wildman–Crippen LogP) is 3.67. The summed E-state index contributed by atoms with van der Waals surface area (Å²) in [6.07, 6.45) is -3.79. The highest BCUT2D eigenvalue weighted by atomic mass is 32.2. The predicted molar refractivity (Wildman–Crippen MR) is 113 cm³/mol. The molecule has 0 fully saturated rings. The molecule has 33 heavy (non-hydrogen) atoms. The summed E-state index contributed by atoms with van der Waals surface area (Å²) in [5.41, 5.74) is -0.0102. The van der Waals surface area contributed by atoms with E-state index in [1.54, 1.807) is 11.4 Å². The number of hydrogen-bond acceptors (Lipinski definition) is 8. The number of benzene rings is 2. The van der Waals surface area contributed by atoms with Crippen LogP contribution in [-0.4, -0.2) is 33.2 Å². The lowest BCUT2D eigenvalue weighted by Gasteiger charge is -2.12. The number of para-hydroxylation sites is 1. The normalized spacial score (nSPS) is 13.9. The van der Waals surface area contributed by atoms with Crippen LogP contribution in [0.15, 0.2) is 64.2 Å². The molecule has 0 unspecified atom stereocenters. The molecule has 3 aromatic rings. The van der Waals surface area contributed by atoms with Crippen LogP contribution in [0.25, 0.3) is 0 Å². The van der Waals surface area contributed by atoms with Crippen LogP contribution in [0.3, 0.4) is 0 Å². The van der Waals surface area contributed by atoms with Crippen LogP contribution in [0.5, 0.6) is 11.5 Å². The fourth-order valence-electron chi connectivity index (χ4n) is 2.79. The Morgan fingerprint density at radius 1 is 1.03 bits per heavy atom. The van der Waals surface area contributed by atoms with Gasteiger partial charge in [-0.1, -0.05) is 18.2 Å². The van der Waals surface area contributed by atoms with Gasteiger partial charge in [0.1, 0.15) is 4.21 Å². The Morgan fingerprint density at radius 2 is 1.79 bits per heavy atom. The first-order chi connectivity index (χ1) is 15.6. The van der Waals surface area contributed by atoms with Gasteiger partial charge in [-0.25, -0.2) is 13.2 Å². The highest BCUT2D eigenvalue weighted by Gasteiger charge is 2.43. The summed E-state index contributed by atoms with van der Waals surface area (Å²) in [4.78, 5) is 24.6. The third-order valence-corrected chi connectivity index (χ3v) is 6.93. The van der Waals surface area contributed by atoms with Crippen molar-refractivity contribution in [3.63, 3.8) is 0 Å². The lowest BCUT2D eigenvalue weighted by molar-refractivity contribution is -0.286. The van der Waals surface area contributed by atoms with Crippen molar-refractivity contribution in [2.24, 2.45) is 0 Å². The summed E-state index contributed by atoms with van der Waals surface area (Å²) in [7, 11) is -3.91. The van der Waals surface area contributed by atoms with Crippen LogP contribution in [0.2, 0.25) is 0 Å². The van der Waals surface area contributed by atoms with Gasteiger partial charge < -0.3 is 19.5 Å². The van der Waals surface area contributed by atoms with E-state index in [9.17, 15) is 26.8 Å². The van der Waals surface area contributed by atoms with E-state index in [0.717, 1.165) is 17.4 Å². The Hall–Kier alpha value is -3.71. The minimum Gasteiger partial charge on any atom is -0.452 e. The minimum atomic E-state index is -3.91. The van der Waals surface area contributed by atoms with E-state index in [2.05, 4.69) is 19.5 Å². The number of carbonyl (C=O) groups is 2. The summed E-state index contributed by atoms with van der Waals surface area (Å²) in [6.45, 7) is -0.713. The van der Waals surface area contributed by atoms with Crippen LogP contribution in [0, 0.1) is 0 Å². The highest BCUT2D eigenvalue weighted by Crippen LogP contribution is 2.42. The van der Waals surface area contributed by atoms with Gasteiger partial charge in [-0.05, 0) is 35.7 Å². The lowest BCUT2D eigenvalue weighted by atomic mass is 10.2. The van der Waals surface area contributed by atoms with Gasteiger partial charge in [-0.3, -0.25) is 9.52 Å². The minimum absolute atomic E-state index is 0.0204. The van der Waals surface area contributed by atoms with Gasteiger partial charge in [0.15, 0.2) is 18.1 Å². The average Bonchev–Trinajstić information content (AvgIpc) is 3.39. The maximum Gasteiger partial charge on any atom is 0.586 e. The molecule has 172 valence electrons. The number of fused-ring (bicyclic) bond motifs is 1. The number of esters is 1. The molecule has 0 radical (unpaired) electrons. The first-order valence-electron chi connectivity index (χ1n) is 9.15. The first-order valence-corrected chi connectivity index (χ1v) is 11.5. The van der Waals surface area contributed by atoms with E-state index in [4.69, 9.17) is 4.74 Å². The molecule has 1 aliphatic heterocycles. The number of ether oxygens (including phenoxy) is 3. The summed E-state index contributed by atoms with van der Waals surface area (Å²) >= 11 is 1.01. The van der Waals surface area contributed by atoms with Crippen molar-refractivity contribution in [2.45, 2.75) is 10.5 Å². The third kappa shape index (κ3) is 5.21. The monoisotopic (exact) mass is 496 g/mol. The van der Waals surface area contributed by atoms with Crippen LogP contribution in [0.1, 0.15) is 10.4 Å². The van der Waals surface area contributed by atoms with Gasteiger partial charge >= 0.3 is 12.3 Å². The van der Waals surface area contributed by atoms with Crippen molar-refractivity contribution < 1.29 is 41.0 Å². The van der Waals surface area contributed by atoms with Crippen LogP contribution >= 0.6 is 11.3 Å². The molecule has 1 amide bonds. The second-order valence-electron chi connectivity index (χ2n) is 6.54. The molecule has 4 rings (SSSR count). The van der Waals surface area contributed by atoms with E-state index in [0.29, 0.717) is 0 Å². The van der Waals surface area contributed by atoms with Crippen molar-refractivity contribution >= 4 is 44.6 Å². The molecule has 0 saturated heterocycles. The number of nitrogens with one attached hydrogen (secondary N) is 2. The number of carbonyl (C=O) groups excluding carboxylic acids is 2. The Labute approximate surface area is 189 Å². The van der Waals surface area contributed by atoms with Gasteiger partial charge in [0, 0.05) is 11.8 Å². The SMILES string of the molecule is O=C(COC(=O)c1ccccc1NS(=O)(=O)c1cccs1)Nc1ccc2c(c1)OC(F)(F)O2. The maximum absolute atomic E-state index is 13.1. The molecule has 0 atom stereocenters. The molecule has 13 heteroatoms. The molecule has 1 aliphatic rings. The fourth-order valence-corrected chi connectivity index (χ4v) is 4.87. The smallest absolute Gasteiger partial charge is 0.452 e. The number of thiophene rings is 1. The number of rotatable bonds is 7. The van der Waals surface area contributed by atoms with Crippen molar-refractivity contribution in [3.05, 3.63) is 65.5 Å². The van der Waals surface area contributed by atoms with Crippen LogP contribution < -0.4 is 19.5 Å². The quantitative estimate of drug-likeness (QED) is 0.479. The van der Waals surface area contributed by atoms with Crippen molar-refractivity contribution in [1.29, 1.82) is 0 Å². The number of alkyl halides is 2. The summed E-state index contributed by atoms with van der Waals surface area (Å²) in [5, 5.41) is 3.97. The largest absolute Gasteiger partial charge is 0.586 e. The first kappa shape index (κ1) is 22.5. The van der Waals surface area contributed by atoms with Crippen molar-refractivity contribution in [3.8, 4) is 11.5 Å². The van der Waals surface area contributed by atoms with Crippen molar-refractivity contribution in [1.82, 2.24) is 0 Å². The molecule has 2 N–H and O–H groups in total. The molecule has 9 nitrogen and oxygen atoms in total. The molecular weight excluding hydrogens is 482 g/mol.